The average molecular weight is 260 g/mol. The number of aromatic carboxylic acids is 1. The summed E-state index contributed by atoms with van der Waals surface area (Å²) in [4.78, 5) is 25.9. The molecule has 1 heterocycles. The van der Waals surface area contributed by atoms with Gasteiger partial charge < -0.3 is 10.8 Å². The van der Waals surface area contributed by atoms with Gasteiger partial charge in [-0.05, 0) is 6.92 Å². The molecule has 0 aliphatic carbocycles. The maximum Gasteiger partial charge on any atom is 0.347 e. The predicted molar refractivity (Wildman–Crippen MR) is 62.9 cm³/mol. The maximum absolute atomic E-state index is 10.8. The van der Waals surface area contributed by atoms with Gasteiger partial charge in [-0.2, -0.15) is 0 Å². The number of rotatable bonds is 5. The molecule has 0 saturated heterocycles. The maximum atomic E-state index is 10.8. The summed E-state index contributed by atoms with van der Waals surface area (Å²) in [5.74, 6) is -1.06. The van der Waals surface area contributed by atoms with Gasteiger partial charge >= 0.3 is 5.97 Å². The van der Waals surface area contributed by atoms with Crippen LogP contribution in [0.4, 0.5) is 0 Å². The van der Waals surface area contributed by atoms with Crippen LogP contribution in [0, 0.1) is 12.8 Å². The summed E-state index contributed by atoms with van der Waals surface area (Å²) < 4.78 is 0.656. The smallest absolute Gasteiger partial charge is 0.347 e. The van der Waals surface area contributed by atoms with Crippen molar-refractivity contribution >= 4 is 35.0 Å². The van der Waals surface area contributed by atoms with Crippen molar-refractivity contribution in [3.05, 3.63) is 10.6 Å². The summed E-state index contributed by atoms with van der Waals surface area (Å²) in [6.07, 6.45) is 0. The van der Waals surface area contributed by atoms with Crippen molar-refractivity contribution in [1.82, 2.24) is 4.98 Å². The van der Waals surface area contributed by atoms with Gasteiger partial charge in [0.1, 0.15) is 4.88 Å². The van der Waals surface area contributed by atoms with Crippen molar-refractivity contribution in [1.29, 1.82) is 0 Å². The largest absolute Gasteiger partial charge is 0.477 e. The van der Waals surface area contributed by atoms with Crippen LogP contribution in [-0.2, 0) is 4.79 Å². The van der Waals surface area contributed by atoms with E-state index >= 15 is 0 Å². The molecule has 16 heavy (non-hydrogen) atoms. The van der Waals surface area contributed by atoms with Crippen LogP contribution in [0.1, 0.15) is 22.3 Å². The number of carbonyl (C=O) groups excluding carboxylic acids is 1. The second-order valence-electron chi connectivity index (χ2n) is 3.31. The van der Waals surface area contributed by atoms with E-state index in [4.69, 9.17) is 10.8 Å². The summed E-state index contributed by atoms with van der Waals surface area (Å²) in [5, 5.41) is 8.83. The number of nitrogens with two attached hydrogens (primary N) is 1. The third-order valence-corrected chi connectivity index (χ3v) is 4.46. The number of aromatic nitrogens is 1. The molecule has 0 spiro atoms. The molecule has 0 bridgehead atoms. The van der Waals surface area contributed by atoms with Crippen LogP contribution in [0.3, 0.4) is 0 Å². The van der Waals surface area contributed by atoms with Crippen LogP contribution in [0.15, 0.2) is 4.34 Å². The Morgan fingerprint density at radius 2 is 2.25 bits per heavy atom. The first kappa shape index (κ1) is 13.0. The summed E-state index contributed by atoms with van der Waals surface area (Å²) in [6.45, 7) is 3.38. The Labute approximate surface area is 101 Å². The molecule has 5 nitrogen and oxygen atoms in total. The molecule has 0 fully saturated rings. The number of hydrogen-bond donors (Lipinski definition) is 2. The number of thioether (sulfide) groups is 1. The molecule has 0 aliphatic heterocycles. The van der Waals surface area contributed by atoms with E-state index in [0.717, 1.165) is 11.3 Å². The van der Waals surface area contributed by atoms with Gasteiger partial charge in [0, 0.05) is 11.7 Å². The minimum Gasteiger partial charge on any atom is -0.477 e. The van der Waals surface area contributed by atoms with Crippen LogP contribution in [0.5, 0.6) is 0 Å². The topological polar surface area (TPSA) is 93.3 Å². The van der Waals surface area contributed by atoms with Gasteiger partial charge in [-0.15, -0.1) is 11.3 Å². The van der Waals surface area contributed by atoms with Crippen LogP contribution >= 0.6 is 23.1 Å². The van der Waals surface area contributed by atoms with E-state index in [2.05, 4.69) is 4.98 Å². The molecule has 88 valence electrons. The molecule has 7 heteroatoms. The molecule has 1 unspecified atom stereocenters. The summed E-state index contributed by atoms with van der Waals surface area (Å²) in [5.41, 5.74) is 5.63. The SMILES string of the molecule is Cc1nc(SCC(C)C(N)=O)sc1C(=O)O. The quantitative estimate of drug-likeness (QED) is 0.780. The number of aryl methyl sites for hydroxylation is 1. The van der Waals surface area contributed by atoms with E-state index in [1.807, 2.05) is 0 Å². The van der Waals surface area contributed by atoms with E-state index in [1.54, 1.807) is 13.8 Å². The first-order chi connectivity index (χ1) is 7.41. The van der Waals surface area contributed by atoms with Crippen LogP contribution in [-0.4, -0.2) is 27.7 Å². The van der Waals surface area contributed by atoms with E-state index in [9.17, 15) is 9.59 Å². The van der Waals surface area contributed by atoms with E-state index in [0.29, 0.717) is 15.8 Å². The van der Waals surface area contributed by atoms with Crippen molar-refractivity contribution in [2.24, 2.45) is 11.7 Å². The number of primary amides is 1. The Morgan fingerprint density at radius 1 is 1.62 bits per heavy atom. The minimum atomic E-state index is -0.968. The van der Waals surface area contributed by atoms with Crippen molar-refractivity contribution in [3.63, 3.8) is 0 Å². The number of thiazole rings is 1. The Hall–Kier alpha value is -1.08. The molecule has 3 N–H and O–H groups in total. The predicted octanol–water partition coefficient (Wildman–Crippen LogP) is 1.36. The van der Waals surface area contributed by atoms with Gasteiger partial charge in [-0.25, -0.2) is 9.78 Å². The molecule has 1 atom stereocenters. The molecule has 0 radical (unpaired) electrons. The number of amides is 1. The fraction of sp³-hybridized carbons (Fsp3) is 0.444. The molecule has 1 aromatic heterocycles. The minimum absolute atomic E-state index is 0.245. The Kier molecular flexibility index (Phi) is 4.31. The Morgan fingerprint density at radius 3 is 2.69 bits per heavy atom. The first-order valence-electron chi connectivity index (χ1n) is 4.54. The van der Waals surface area contributed by atoms with Crippen LogP contribution < -0.4 is 5.73 Å². The molecule has 1 rings (SSSR count). The average Bonchev–Trinajstić information content (AvgIpc) is 2.56. The molecule has 0 aliphatic rings. The Bertz CT molecular complexity index is 417. The highest BCUT2D eigenvalue weighted by molar-refractivity contribution is 8.01. The van der Waals surface area contributed by atoms with Gasteiger partial charge in [0.2, 0.25) is 5.91 Å². The van der Waals surface area contributed by atoms with Gasteiger partial charge in [-0.1, -0.05) is 18.7 Å². The summed E-state index contributed by atoms with van der Waals surface area (Å²) in [7, 11) is 0. The molecular formula is C9H12N2O3S2. The van der Waals surface area contributed by atoms with Gasteiger partial charge in [-0.3, -0.25) is 4.79 Å². The van der Waals surface area contributed by atoms with Gasteiger partial charge in [0.05, 0.1) is 5.69 Å². The molecule has 0 aromatic carbocycles. The monoisotopic (exact) mass is 260 g/mol. The third-order valence-electron chi connectivity index (χ3n) is 1.91. The van der Waals surface area contributed by atoms with E-state index in [1.165, 1.54) is 11.8 Å². The lowest BCUT2D eigenvalue weighted by atomic mass is 10.2. The van der Waals surface area contributed by atoms with Crippen LogP contribution in [0.2, 0.25) is 0 Å². The second kappa shape index (κ2) is 5.31. The van der Waals surface area contributed by atoms with Gasteiger partial charge in [0.25, 0.3) is 0 Å². The van der Waals surface area contributed by atoms with Crippen molar-refractivity contribution < 1.29 is 14.7 Å². The highest BCUT2D eigenvalue weighted by atomic mass is 32.2. The number of nitrogens with zero attached hydrogens (tertiary/aromatic N) is 1. The lowest BCUT2D eigenvalue weighted by Gasteiger charge is -2.03. The lowest BCUT2D eigenvalue weighted by molar-refractivity contribution is -0.120. The van der Waals surface area contributed by atoms with Crippen LogP contribution in [0.25, 0.3) is 0 Å². The zero-order chi connectivity index (χ0) is 12.3. The molecular weight excluding hydrogens is 248 g/mol. The lowest BCUT2D eigenvalue weighted by Crippen LogP contribution is -2.22. The number of carbonyl (C=O) groups is 2. The zero-order valence-corrected chi connectivity index (χ0v) is 10.5. The second-order valence-corrected chi connectivity index (χ2v) is 5.58. The number of carboxylic acid groups (broad SMARTS) is 1. The molecule has 1 aromatic rings. The molecule has 1 amide bonds. The number of hydrogen-bond acceptors (Lipinski definition) is 5. The Balaban J connectivity index is 2.65. The standard InChI is InChI=1S/C9H12N2O3S2/c1-4(7(10)12)3-15-9-11-5(2)6(16-9)8(13)14/h4H,3H2,1-2H3,(H2,10,12)(H,13,14). The fourth-order valence-electron chi connectivity index (χ4n) is 0.910. The highest BCUT2D eigenvalue weighted by Gasteiger charge is 2.16. The third kappa shape index (κ3) is 3.21. The van der Waals surface area contributed by atoms with E-state index in [-0.39, 0.29) is 16.7 Å². The van der Waals surface area contributed by atoms with Crippen molar-refractivity contribution in [2.45, 2.75) is 18.2 Å². The summed E-state index contributed by atoms with van der Waals surface area (Å²) in [6, 6.07) is 0. The molecule has 0 saturated carbocycles. The first-order valence-corrected chi connectivity index (χ1v) is 6.35. The van der Waals surface area contributed by atoms with Crippen molar-refractivity contribution in [2.75, 3.05) is 5.75 Å². The summed E-state index contributed by atoms with van der Waals surface area (Å²) >= 11 is 2.47. The number of carboxylic acids is 1. The van der Waals surface area contributed by atoms with Gasteiger partial charge in [0.15, 0.2) is 4.34 Å². The van der Waals surface area contributed by atoms with Crippen molar-refractivity contribution in [3.8, 4) is 0 Å². The fourth-order valence-corrected chi connectivity index (χ4v) is 3.00. The van der Waals surface area contributed by atoms with E-state index < -0.39 is 5.97 Å². The highest BCUT2D eigenvalue weighted by Crippen LogP contribution is 2.28. The normalized spacial score (nSPS) is 12.4. The zero-order valence-electron chi connectivity index (χ0n) is 8.89.